The lowest BCUT2D eigenvalue weighted by Gasteiger charge is -2.13. The normalized spacial score (nSPS) is 10.0. The largest absolute Gasteiger partial charge is 0.492 e. The molecule has 0 saturated heterocycles. The molecule has 2 N–H and O–H groups in total. The molecule has 1 aromatic heterocycles. The third-order valence-electron chi connectivity index (χ3n) is 2.93. The third kappa shape index (κ3) is 5.46. The summed E-state index contributed by atoms with van der Waals surface area (Å²) in [6.07, 6.45) is 1.63. The van der Waals surface area contributed by atoms with Crippen LogP contribution in [-0.2, 0) is 0 Å². The topological polar surface area (TPSA) is 66.5 Å². The number of nitrogens with one attached hydrogen (secondary N) is 2. The summed E-state index contributed by atoms with van der Waals surface area (Å²) in [6.45, 7) is 0.618. The Hall–Kier alpha value is -2.83. The van der Waals surface area contributed by atoms with Crippen molar-refractivity contribution in [2.24, 2.45) is 0 Å². The molecule has 0 bridgehead atoms. The summed E-state index contributed by atoms with van der Waals surface area (Å²) < 4.78 is 18.1. The number of urea groups is 1. The van der Waals surface area contributed by atoms with Crippen LogP contribution in [0.25, 0.3) is 0 Å². The zero-order valence-electron chi connectivity index (χ0n) is 13.0. The Morgan fingerprint density at radius 2 is 2.00 bits per heavy atom. The van der Waals surface area contributed by atoms with Crippen molar-refractivity contribution in [2.45, 2.75) is 0 Å². The van der Waals surface area contributed by atoms with Gasteiger partial charge < -0.3 is 20.3 Å². The molecule has 0 aliphatic heterocycles. The fraction of sp³-hybridized carbons (Fsp3) is 0.250. The number of hydrogen-bond acceptors (Lipinski definition) is 4. The van der Waals surface area contributed by atoms with Gasteiger partial charge in [0.15, 0.2) is 0 Å². The Balaban J connectivity index is 1.72. The van der Waals surface area contributed by atoms with Gasteiger partial charge in [-0.05, 0) is 30.3 Å². The van der Waals surface area contributed by atoms with Crippen molar-refractivity contribution in [3.8, 4) is 5.75 Å². The monoisotopic (exact) mass is 318 g/mol. The first-order chi connectivity index (χ1) is 11.0. The molecule has 0 radical (unpaired) electrons. The number of halogens is 1. The van der Waals surface area contributed by atoms with E-state index in [1.807, 2.05) is 19.0 Å². The lowest BCUT2D eigenvalue weighted by atomic mass is 10.3. The summed E-state index contributed by atoms with van der Waals surface area (Å²) in [7, 11) is 3.75. The zero-order valence-corrected chi connectivity index (χ0v) is 13.0. The molecule has 6 nitrogen and oxygen atoms in total. The fourth-order valence-corrected chi connectivity index (χ4v) is 1.78. The van der Waals surface area contributed by atoms with Crippen LogP contribution in [0.15, 0.2) is 42.6 Å². The first kappa shape index (κ1) is 16.5. The first-order valence-corrected chi connectivity index (χ1v) is 7.11. The molecule has 0 saturated carbocycles. The van der Waals surface area contributed by atoms with Gasteiger partial charge in [-0.1, -0.05) is 0 Å². The first-order valence-electron chi connectivity index (χ1n) is 7.11. The van der Waals surface area contributed by atoms with Crippen LogP contribution < -0.4 is 20.3 Å². The number of carbonyl (C=O) groups is 1. The van der Waals surface area contributed by atoms with E-state index >= 15 is 0 Å². The van der Waals surface area contributed by atoms with Crippen molar-refractivity contribution in [3.05, 3.63) is 48.4 Å². The van der Waals surface area contributed by atoms with E-state index in [9.17, 15) is 9.18 Å². The Morgan fingerprint density at radius 3 is 2.70 bits per heavy atom. The molecule has 2 amide bonds. The van der Waals surface area contributed by atoms with Crippen LogP contribution in [0.1, 0.15) is 0 Å². The van der Waals surface area contributed by atoms with Gasteiger partial charge in [0.05, 0.1) is 6.54 Å². The second-order valence-electron chi connectivity index (χ2n) is 4.98. The van der Waals surface area contributed by atoms with Gasteiger partial charge in [0, 0.05) is 32.0 Å². The van der Waals surface area contributed by atoms with E-state index in [0.717, 1.165) is 5.82 Å². The molecular weight excluding hydrogens is 299 g/mol. The van der Waals surface area contributed by atoms with Crippen molar-refractivity contribution >= 4 is 17.5 Å². The number of carbonyl (C=O) groups excluding carboxylic acids is 1. The molecule has 23 heavy (non-hydrogen) atoms. The Bertz CT molecular complexity index is 647. The van der Waals surface area contributed by atoms with E-state index < -0.39 is 0 Å². The highest BCUT2D eigenvalue weighted by Crippen LogP contribution is 2.13. The highest BCUT2D eigenvalue weighted by Gasteiger charge is 2.04. The van der Waals surface area contributed by atoms with Crippen LogP contribution in [0.3, 0.4) is 0 Å². The molecule has 0 spiro atoms. The molecule has 1 heterocycles. The summed E-state index contributed by atoms with van der Waals surface area (Å²) in [5.74, 6) is 0.991. The minimum absolute atomic E-state index is 0.290. The third-order valence-corrected chi connectivity index (χ3v) is 2.93. The highest BCUT2D eigenvalue weighted by molar-refractivity contribution is 5.89. The molecule has 2 aromatic rings. The van der Waals surface area contributed by atoms with Crippen LogP contribution in [0, 0.1) is 5.82 Å². The van der Waals surface area contributed by atoms with Crippen LogP contribution in [0.2, 0.25) is 0 Å². The summed E-state index contributed by atoms with van der Waals surface area (Å²) in [6, 6.07) is 8.87. The average Bonchev–Trinajstić information content (AvgIpc) is 2.53. The SMILES string of the molecule is CN(C)c1cc(NC(=O)NCCOc2ccc(F)cc2)ccn1. The average molecular weight is 318 g/mol. The maximum Gasteiger partial charge on any atom is 0.319 e. The van der Waals surface area contributed by atoms with Crippen molar-refractivity contribution < 1.29 is 13.9 Å². The van der Waals surface area contributed by atoms with Gasteiger partial charge >= 0.3 is 6.03 Å². The van der Waals surface area contributed by atoms with E-state index in [0.29, 0.717) is 24.6 Å². The lowest BCUT2D eigenvalue weighted by molar-refractivity contribution is 0.247. The van der Waals surface area contributed by atoms with Gasteiger partial charge in [0.1, 0.15) is 24.0 Å². The maximum atomic E-state index is 12.7. The smallest absolute Gasteiger partial charge is 0.319 e. The minimum Gasteiger partial charge on any atom is -0.492 e. The summed E-state index contributed by atoms with van der Waals surface area (Å²) in [5, 5.41) is 5.40. The number of ether oxygens (including phenoxy) is 1. The number of hydrogen-bond donors (Lipinski definition) is 2. The number of pyridine rings is 1. The Morgan fingerprint density at radius 1 is 1.26 bits per heavy atom. The molecule has 0 fully saturated rings. The molecule has 2 rings (SSSR count). The predicted octanol–water partition coefficient (Wildman–Crippen LogP) is 2.49. The van der Waals surface area contributed by atoms with E-state index in [1.54, 1.807) is 18.3 Å². The van der Waals surface area contributed by atoms with Crippen molar-refractivity contribution in [3.63, 3.8) is 0 Å². The fourth-order valence-electron chi connectivity index (χ4n) is 1.78. The standard InChI is InChI=1S/C16H19FN4O2/c1-21(2)15-11-13(7-8-18-15)20-16(22)19-9-10-23-14-5-3-12(17)4-6-14/h3-8,11H,9-10H2,1-2H3,(H2,18,19,20,22). The van der Waals surface area contributed by atoms with E-state index in [4.69, 9.17) is 4.74 Å². The quantitative estimate of drug-likeness (QED) is 0.803. The highest BCUT2D eigenvalue weighted by atomic mass is 19.1. The molecule has 0 aliphatic rings. The van der Waals surface area contributed by atoms with Crippen molar-refractivity contribution in [2.75, 3.05) is 37.5 Å². The van der Waals surface area contributed by atoms with E-state index in [1.165, 1.54) is 24.3 Å². The summed E-state index contributed by atoms with van der Waals surface area (Å²) >= 11 is 0. The van der Waals surface area contributed by atoms with Gasteiger partial charge in [-0.2, -0.15) is 0 Å². The number of nitrogens with zero attached hydrogens (tertiary/aromatic N) is 2. The van der Waals surface area contributed by atoms with Crippen molar-refractivity contribution in [1.82, 2.24) is 10.3 Å². The van der Waals surface area contributed by atoms with Crippen LogP contribution in [-0.4, -0.2) is 38.3 Å². The van der Waals surface area contributed by atoms with Gasteiger partial charge in [-0.25, -0.2) is 14.2 Å². The van der Waals surface area contributed by atoms with E-state index in [-0.39, 0.29) is 11.8 Å². The lowest BCUT2D eigenvalue weighted by Crippen LogP contribution is -2.32. The van der Waals surface area contributed by atoms with E-state index in [2.05, 4.69) is 15.6 Å². The van der Waals surface area contributed by atoms with Crippen LogP contribution in [0.5, 0.6) is 5.75 Å². The van der Waals surface area contributed by atoms with Gasteiger partial charge in [-0.3, -0.25) is 0 Å². The minimum atomic E-state index is -0.330. The summed E-state index contributed by atoms with van der Waals surface area (Å²) in [4.78, 5) is 17.8. The van der Waals surface area contributed by atoms with Gasteiger partial charge in [-0.15, -0.1) is 0 Å². The van der Waals surface area contributed by atoms with Crippen molar-refractivity contribution in [1.29, 1.82) is 0 Å². The molecular formula is C16H19FN4O2. The molecule has 1 aromatic carbocycles. The molecule has 122 valence electrons. The number of anilines is 2. The van der Waals surface area contributed by atoms with Crippen LogP contribution in [0.4, 0.5) is 20.7 Å². The van der Waals surface area contributed by atoms with Gasteiger partial charge in [0.2, 0.25) is 0 Å². The predicted molar refractivity (Wildman–Crippen MR) is 87.5 cm³/mol. The van der Waals surface area contributed by atoms with Gasteiger partial charge in [0.25, 0.3) is 0 Å². The number of aromatic nitrogens is 1. The van der Waals surface area contributed by atoms with Crippen LogP contribution >= 0.6 is 0 Å². The molecule has 0 aliphatic carbocycles. The zero-order chi connectivity index (χ0) is 16.7. The number of amides is 2. The summed E-state index contributed by atoms with van der Waals surface area (Å²) in [5.41, 5.74) is 0.653. The molecule has 7 heteroatoms. The second kappa shape index (κ2) is 7.98. The number of benzene rings is 1. The molecule has 0 unspecified atom stereocenters. The Kier molecular flexibility index (Phi) is 5.74. The molecule has 0 atom stereocenters. The maximum absolute atomic E-state index is 12.7. The Labute approximate surface area is 134 Å². The number of rotatable bonds is 6. The second-order valence-corrected chi connectivity index (χ2v) is 4.98.